The van der Waals surface area contributed by atoms with Crippen molar-refractivity contribution in [3.05, 3.63) is 16.6 Å². The third-order valence-electron chi connectivity index (χ3n) is 10.2. The van der Waals surface area contributed by atoms with E-state index in [1.165, 1.54) is 11.8 Å². The van der Waals surface area contributed by atoms with Crippen molar-refractivity contribution in [1.29, 1.82) is 0 Å². The van der Waals surface area contributed by atoms with Crippen molar-refractivity contribution in [1.82, 2.24) is 0 Å². The Labute approximate surface area is 200 Å². The third kappa shape index (κ3) is 3.38. The number of thioether (sulfide) groups is 1. The van der Waals surface area contributed by atoms with E-state index in [-0.39, 0.29) is 52.6 Å². The van der Waals surface area contributed by atoms with E-state index in [9.17, 15) is 19.3 Å². The molecule has 0 radical (unpaired) electrons. The van der Waals surface area contributed by atoms with E-state index in [2.05, 4.69) is 25.9 Å². The quantitative estimate of drug-likeness (QED) is 0.457. The molecular formula is C25H36N2O5S. The number of rotatable bonds is 6. The maximum Gasteiger partial charge on any atom is 0.316 e. The second kappa shape index (κ2) is 8.29. The molecule has 0 amide bonds. The number of nitroso groups, excluding NO2 is 1. The fraction of sp³-hybridized carbons (Fsp3) is 0.800. The van der Waals surface area contributed by atoms with E-state index in [1.54, 1.807) is 6.08 Å². The average molecular weight is 477 g/mol. The van der Waals surface area contributed by atoms with E-state index in [1.807, 2.05) is 6.26 Å². The van der Waals surface area contributed by atoms with E-state index < -0.39 is 17.0 Å². The van der Waals surface area contributed by atoms with Gasteiger partial charge in [-0.05, 0) is 67.1 Å². The van der Waals surface area contributed by atoms with Gasteiger partial charge < -0.3 is 10.5 Å². The van der Waals surface area contributed by atoms with Crippen molar-refractivity contribution in [2.75, 3.05) is 18.6 Å². The van der Waals surface area contributed by atoms with Gasteiger partial charge >= 0.3 is 5.97 Å². The molecule has 33 heavy (non-hydrogen) atoms. The van der Waals surface area contributed by atoms with Gasteiger partial charge in [0, 0.05) is 23.8 Å². The maximum absolute atomic E-state index is 13.3. The zero-order valence-corrected chi connectivity index (χ0v) is 21.0. The second-order valence-electron chi connectivity index (χ2n) is 11.3. The standard InChI is InChI=1S/C25H36N2O5S/c1-22-8-6-16(28)11-15(22)5-10-25(26)21(22)18(27-31)12-23(2)17(7-9-24(23,25)3)19(29)13-32-20(30)14-33-4/h11,17-18,21H,5-10,12-14,26H2,1-4H3. The molecule has 3 fully saturated rings. The van der Waals surface area contributed by atoms with Crippen LogP contribution >= 0.6 is 11.8 Å². The van der Waals surface area contributed by atoms with E-state index in [0.29, 0.717) is 32.1 Å². The van der Waals surface area contributed by atoms with Gasteiger partial charge in [0.15, 0.2) is 11.6 Å². The summed E-state index contributed by atoms with van der Waals surface area (Å²) in [4.78, 5) is 49.5. The van der Waals surface area contributed by atoms with Gasteiger partial charge in [-0.1, -0.05) is 31.5 Å². The number of ketones is 2. The zero-order chi connectivity index (χ0) is 24.2. The Morgan fingerprint density at radius 2 is 1.94 bits per heavy atom. The minimum atomic E-state index is -0.671. The van der Waals surface area contributed by atoms with Crippen molar-refractivity contribution in [3.8, 4) is 0 Å². The average Bonchev–Trinajstić information content (AvgIpc) is 3.04. The minimum Gasteiger partial charge on any atom is -0.457 e. The Kier molecular flexibility index (Phi) is 6.18. The Balaban J connectivity index is 1.69. The summed E-state index contributed by atoms with van der Waals surface area (Å²) in [6.45, 7) is 6.21. The number of ether oxygens (including phenoxy) is 1. The topological polar surface area (TPSA) is 116 Å². The lowest BCUT2D eigenvalue weighted by molar-refractivity contribution is -0.158. The lowest BCUT2D eigenvalue weighted by Gasteiger charge is -2.68. The van der Waals surface area contributed by atoms with Gasteiger partial charge in [0.2, 0.25) is 0 Å². The van der Waals surface area contributed by atoms with Crippen LogP contribution in [0.1, 0.15) is 65.7 Å². The lowest BCUT2D eigenvalue weighted by Crippen LogP contribution is -2.74. The van der Waals surface area contributed by atoms with Gasteiger partial charge in [0.25, 0.3) is 0 Å². The number of nitrogens with two attached hydrogens (primary N) is 1. The first kappa shape index (κ1) is 24.6. The number of carbonyl (C=O) groups is 3. The summed E-state index contributed by atoms with van der Waals surface area (Å²) >= 11 is 1.36. The highest BCUT2D eigenvalue weighted by molar-refractivity contribution is 7.99. The van der Waals surface area contributed by atoms with Crippen molar-refractivity contribution in [2.45, 2.75) is 77.3 Å². The predicted molar refractivity (Wildman–Crippen MR) is 128 cm³/mol. The Bertz CT molecular complexity index is 920. The van der Waals surface area contributed by atoms with Gasteiger partial charge in [-0.25, -0.2) is 0 Å². The molecule has 0 heterocycles. The molecule has 4 aliphatic carbocycles. The molecule has 0 saturated heterocycles. The highest BCUT2D eigenvalue weighted by atomic mass is 32.2. The van der Waals surface area contributed by atoms with Crippen LogP contribution in [0.15, 0.2) is 16.8 Å². The number of nitrogens with zero attached hydrogens (tertiary/aromatic N) is 1. The van der Waals surface area contributed by atoms with Crippen LogP contribution < -0.4 is 5.73 Å². The van der Waals surface area contributed by atoms with Gasteiger partial charge in [0.05, 0.1) is 11.8 Å². The first-order valence-corrected chi connectivity index (χ1v) is 13.4. The normalized spacial score (nSPS) is 44.2. The number of Topliss-reactive ketones (excluding diaryl/α,β-unsaturated/α-hetero) is 1. The van der Waals surface area contributed by atoms with Crippen molar-refractivity contribution < 1.29 is 19.1 Å². The molecule has 2 N–H and O–H groups in total. The zero-order valence-electron chi connectivity index (χ0n) is 20.1. The smallest absolute Gasteiger partial charge is 0.316 e. The van der Waals surface area contributed by atoms with Crippen LogP contribution in [0.4, 0.5) is 0 Å². The van der Waals surface area contributed by atoms with Crippen LogP contribution in [0, 0.1) is 33.0 Å². The molecule has 7 unspecified atom stereocenters. The minimum absolute atomic E-state index is 0.0896. The SMILES string of the molecule is CSCC(=O)OCC(=O)C1CCC2(C)C1(C)CC(N=O)C1C3(C)CCC(=O)C=C3CCC12N. The number of hydrogen-bond acceptors (Lipinski definition) is 8. The monoisotopic (exact) mass is 476 g/mol. The first-order valence-electron chi connectivity index (χ1n) is 12.0. The van der Waals surface area contributed by atoms with Crippen LogP contribution in [-0.2, 0) is 19.1 Å². The Morgan fingerprint density at radius 3 is 2.61 bits per heavy atom. The van der Waals surface area contributed by atoms with Crippen LogP contribution in [0.5, 0.6) is 0 Å². The van der Waals surface area contributed by atoms with Crippen LogP contribution in [0.3, 0.4) is 0 Å². The fourth-order valence-electron chi connectivity index (χ4n) is 8.27. The van der Waals surface area contributed by atoms with Gasteiger partial charge in [-0.15, -0.1) is 0 Å². The van der Waals surface area contributed by atoms with Crippen molar-refractivity contribution in [2.24, 2.45) is 39.0 Å². The van der Waals surface area contributed by atoms with Crippen LogP contribution in [0.2, 0.25) is 0 Å². The highest BCUT2D eigenvalue weighted by Crippen LogP contribution is 2.73. The van der Waals surface area contributed by atoms with Crippen LogP contribution in [-0.4, -0.2) is 47.7 Å². The number of allylic oxidation sites excluding steroid dienone is 1. The molecule has 4 aliphatic rings. The van der Waals surface area contributed by atoms with Crippen molar-refractivity contribution >= 4 is 29.3 Å². The molecular weight excluding hydrogens is 440 g/mol. The highest BCUT2D eigenvalue weighted by Gasteiger charge is 2.73. The molecule has 4 rings (SSSR count). The van der Waals surface area contributed by atoms with E-state index >= 15 is 0 Å². The summed E-state index contributed by atoms with van der Waals surface area (Å²) in [5, 5.41) is 3.62. The number of esters is 1. The summed E-state index contributed by atoms with van der Waals surface area (Å²) in [7, 11) is 0. The molecule has 182 valence electrons. The van der Waals surface area contributed by atoms with Crippen molar-refractivity contribution in [3.63, 3.8) is 0 Å². The Morgan fingerprint density at radius 1 is 1.21 bits per heavy atom. The molecule has 8 heteroatoms. The maximum atomic E-state index is 13.3. The summed E-state index contributed by atoms with van der Waals surface area (Å²) in [5.74, 6) is -0.603. The summed E-state index contributed by atoms with van der Waals surface area (Å²) in [5.41, 5.74) is 6.60. The number of fused-ring (bicyclic) bond motifs is 5. The van der Waals surface area contributed by atoms with Gasteiger partial charge in [0.1, 0.15) is 6.61 Å². The van der Waals surface area contributed by atoms with E-state index in [0.717, 1.165) is 18.4 Å². The number of carbonyl (C=O) groups excluding carboxylic acids is 3. The molecule has 0 spiro atoms. The molecule has 7 atom stereocenters. The molecule has 0 aromatic carbocycles. The molecule has 0 aromatic rings. The first-order chi connectivity index (χ1) is 15.5. The largest absolute Gasteiger partial charge is 0.457 e. The molecule has 0 aliphatic heterocycles. The molecule has 0 bridgehead atoms. The van der Waals surface area contributed by atoms with E-state index in [4.69, 9.17) is 10.5 Å². The van der Waals surface area contributed by atoms with Gasteiger partial charge in [-0.2, -0.15) is 16.7 Å². The summed E-state index contributed by atoms with van der Waals surface area (Å²) < 4.78 is 5.23. The second-order valence-corrected chi connectivity index (χ2v) is 12.2. The molecule has 3 saturated carbocycles. The number of hydrogen-bond donors (Lipinski definition) is 1. The lowest BCUT2D eigenvalue weighted by atomic mass is 9.38. The van der Waals surface area contributed by atoms with Gasteiger partial charge in [-0.3, -0.25) is 14.4 Å². The van der Waals surface area contributed by atoms with Crippen LogP contribution in [0.25, 0.3) is 0 Å². The predicted octanol–water partition coefficient (Wildman–Crippen LogP) is 3.83. The fourth-order valence-corrected chi connectivity index (χ4v) is 8.59. The Hall–Kier alpha value is -1.54. The summed E-state index contributed by atoms with van der Waals surface area (Å²) in [6.07, 6.45) is 8.10. The molecule has 0 aromatic heterocycles. The third-order valence-corrected chi connectivity index (χ3v) is 10.7. The summed E-state index contributed by atoms with van der Waals surface area (Å²) in [6, 6.07) is -0.526. The molecule has 7 nitrogen and oxygen atoms in total.